The van der Waals surface area contributed by atoms with Gasteiger partial charge >= 0.3 is 5.97 Å². The van der Waals surface area contributed by atoms with Crippen LogP contribution >= 0.6 is 12.6 Å². The van der Waals surface area contributed by atoms with Gasteiger partial charge in [0.25, 0.3) is 0 Å². The van der Waals surface area contributed by atoms with Gasteiger partial charge < -0.3 is 25.5 Å². The fourth-order valence-electron chi connectivity index (χ4n) is 0.668. The SMILES string of the molecule is O=C(O)C(O)C(O)C(O)C(S)CO. The molecule has 0 aliphatic carbocycles. The van der Waals surface area contributed by atoms with Gasteiger partial charge in [-0.2, -0.15) is 12.6 Å². The van der Waals surface area contributed by atoms with Crippen molar-refractivity contribution < 1.29 is 30.3 Å². The molecule has 0 aromatic heterocycles. The average Bonchev–Trinajstić information content (AvgIpc) is 2.12. The van der Waals surface area contributed by atoms with Crippen molar-refractivity contribution >= 4 is 18.6 Å². The fourth-order valence-corrected chi connectivity index (χ4v) is 0.845. The molecule has 0 saturated heterocycles. The summed E-state index contributed by atoms with van der Waals surface area (Å²) in [4.78, 5) is 10.1. The zero-order chi connectivity index (χ0) is 10.6. The van der Waals surface area contributed by atoms with Gasteiger partial charge in [-0.05, 0) is 0 Å². The predicted molar refractivity (Wildman–Crippen MR) is 45.5 cm³/mol. The van der Waals surface area contributed by atoms with Gasteiger partial charge in [0.1, 0.15) is 6.10 Å². The Hall–Kier alpha value is -0.340. The third-order valence-corrected chi connectivity index (χ3v) is 1.98. The fraction of sp³-hybridized carbons (Fsp3) is 0.833. The van der Waals surface area contributed by atoms with E-state index < -0.39 is 36.1 Å². The van der Waals surface area contributed by atoms with Crippen LogP contribution in [0.1, 0.15) is 0 Å². The van der Waals surface area contributed by atoms with E-state index in [2.05, 4.69) is 12.6 Å². The molecule has 7 heteroatoms. The second-order valence-electron chi connectivity index (χ2n) is 2.51. The first-order chi connectivity index (χ1) is 5.91. The molecule has 4 unspecified atom stereocenters. The predicted octanol–water partition coefficient (Wildman–Crippen LogP) is -2.56. The van der Waals surface area contributed by atoms with Crippen LogP contribution in [0.2, 0.25) is 0 Å². The highest BCUT2D eigenvalue weighted by molar-refractivity contribution is 7.81. The van der Waals surface area contributed by atoms with Crippen molar-refractivity contribution in [2.75, 3.05) is 6.61 Å². The van der Waals surface area contributed by atoms with Crippen LogP contribution in [-0.4, -0.2) is 61.7 Å². The lowest BCUT2D eigenvalue weighted by molar-refractivity contribution is -0.158. The normalized spacial score (nSPS) is 20.4. The van der Waals surface area contributed by atoms with Crippen molar-refractivity contribution in [3.63, 3.8) is 0 Å². The van der Waals surface area contributed by atoms with E-state index in [4.69, 9.17) is 25.5 Å². The van der Waals surface area contributed by atoms with E-state index in [-0.39, 0.29) is 0 Å². The van der Waals surface area contributed by atoms with Gasteiger partial charge in [-0.25, -0.2) is 4.79 Å². The largest absolute Gasteiger partial charge is 0.479 e. The molecule has 0 saturated carbocycles. The molecule has 0 aliphatic heterocycles. The number of aliphatic hydroxyl groups is 4. The van der Waals surface area contributed by atoms with Gasteiger partial charge in [0.15, 0.2) is 6.10 Å². The summed E-state index contributed by atoms with van der Waals surface area (Å²) in [6.07, 6.45) is -5.55. The van der Waals surface area contributed by atoms with Crippen molar-refractivity contribution in [3.8, 4) is 0 Å². The molecule has 0 spiro atoms. The highest BCUT2D eigenvalue weighted by Gasteiger charge is 2.33. The summed E-state index contributed by atoms with van der Waals surface area (Å²) in [7, 11) is 0. The minimum Gasteiger partial charge on any atom is -0.479 e. The highest BCUT2D eigenvalue weighted by atomic mass is 32.1. The molecule has 13 heavy (non-hydrogen) atoms. The number of carboxylic acid groups (broad SMARTS) is 1. The second kappa shape index (κ2) is 5.40. The third kappa shape index (κ3) is 3.49. The van der Waals surface area contributed by atoms with Crippen molar-refractivity contribution in [3.05, 3.63) is 0 Å². The molecule has 0 aliphatic rings. The van der Waals surface area contributed by atoms with E-state index in [0.29, 0.717) is 0 Å². The van der Waals surface area contributed by atoms with Gasteiger partial charge in [-0.1, -0.05) is 0 Å². The maximum atomic E-state index is 10.1. The lowest BCUT2D eigenvalue weighted by Crippen LogP contribution is -2.47. The highest BCUT2D eigenvalue weighted by Crippen LogP contribution is 2.09. The van der Waals surface area contributed by atoms with Crippen LogP contribution in [0.15, 0.2) is 0 Å². The van der Waals surface area contributed by atoms with E-state index in [9.17, 15) is 4.79 Å². The minimum absolute atomic E-state index is 0.534. The van der Waals surface area contributed by atoms with Crippen LogP contribution in [0.5, 0.6) is 0 Å². The van der Waals surface area contributed by atoms with E-state index in [1.165, 1.54) is 0 Å². The Balaban J connectivity index is 4.24. The number of aliphatic carboxylic acids is 1. The molecule has 0 radical (unpaired) electrons. The Labute approximate surface area is 79.9 Å². The first-order valence-electron chi connectivity index (χ1n) is 3.47. The first kappa shape index (κ1) is 12.7. The molecule has 78 valence electrons. The molecule has 0 fully saturated rings. The monoisotopic (exact) mass is 212 g/mol. The molecule has 0 aromatic carbocycles. The summed E-state index contributed by atoms with van der Waals surface area (Å²) in [6.45, 7) is -0.534. The number of carbonyl (C=O) groups is 1. The van der Waals surface area contributed by atoms with Gasteiger partial charge in [0, 0.05) is 0 Å². The van der Waals surface area contributed by atoms with Crippen LogP contribution in [0, 0.1) is 0 Å². The maximum absolute atomic E-state index is 10.1. The lowest BCUT2D eigenvalue weighted by Gasteiger charge is -2.23. The van der Waals surface area contributed by atoms with Crippen molar-refractivity contribution in [2.24, 2.45) is 0 Å². The Morgan fingerprint density at radius 2 is 1.69 bits per heavy atom. The molecule has 0 amide bonds. The van der Waals surface area contributed by atoms with Crippen molar-refractivity contribution in [2.45, 2.75) is 23.6 Å². The average molecular weight is 212 g/mol. The number of carboxylic acids is 1. The molecule has 4 atom stereocenters. The molecular formula is C6H12O6S. The van der Waals surface area contributed by atoms with Gasteiger partial charge in [-0.3, -0.25) is 0 Å². The Morgan fingerprint density at radius 1 is 1.23 bits per heavy atom. The molecule has 0 aromatic rings. The zero-order valence-electron chi connectivity index (χ0n) is 6.61. The van der Waals surface area contributed by atoms with Crippen LogP contribution in [0.25, 0.3) is 0 Å². The van der Waals surface area contributed by atoms with Crippen LogP contribution in [0.4, 0.5) is 0 Å². The molecule has 0 bridgehead atoms. The number of hydrogen-bond donors (Lipinski definition) is 6. The van der Waals surface area contributed by atoms with Gasteiger partial charge in [0.05, 0.1) is 18.0 Å². The second-order valence-corrected chi connectivity index (χ2v) is 3.18. The Morgan fingerprint density at radius 3 is 2.00 bits per heavy atom. The smallest absolute Gasteiger partial charge is 0.335 e. The van der Waals surface area contributed by atoms with E-state index in [1.54, 1.807) is 0 Å². The summed E-state index contributed by atoms with van der Waals surface area (Å²) in [5, 5.41) is 42.6. The summed E-state index contributed by atoms with van der Waals surface area (Å²) in [5.41, 5.74) is 0. The van der Waals surface area contributed by atoms with Crippen LogP contribution in [-0.2, 0) is 4.79 Å². The molecular weight excluding hydrogens is 200 g/mol. The van der Waals surface area contributed by atoms with Crippen molar-refractivity contribution in [1.29, 1.82) is 0 Å². The number of hydrogen-bond acceptors (Lipinski definition) is 6. The Bertz CT molecular complexity index is 175. The maximum Gasteiger partial charge on any atom is 0.335 e. The van der Waals surface area contributed by atoms with E-state index in [0.717, 1.165) is 0 Å². The first-order valence-corrected chi connectivity index (χ1v) is 3.99. The number of rotatable bonds is 5. The molecule has 5 N–H and O–H groups in total. The summed E-state index contributed by atoms with van der Waals surface area (Å²) in [6, 6.07) is 0. The molecule has 6 nitrogen and oxygen atoms in total. The van der Waals surface area contributed by atoms with Gasteiger partial charge in [-0.15, -0.1) is 0 Å². The zero-order valence-corrected chi connectivity index (χ0v) is 7.50. The topological polar surface area (TPSA) is 118 Å². The van der Waals surface area contributed by atoms with Crippen LogP contribution in [0.3, 0.4) is 0 Å². The standard InChI is InChI=1S/C6H12O6S/c7-1-2(13)3(8)4(9)5(10)6(11)12/h2-5,7-10,13H,1H2,(H,11,12). The van der Waals surface area contributed by atoms with Gasteiger partial charge in [0.2, 0.25) is 0 Å². The minimum atomic E-state index is -2.09. The van der Waals surface area contributed by atoms with Crippen molar-refractivity contribution in [1.82, 2.24) is 0 Å². The third-order valence-electron chi connectivity index (χ3n) is 1.51. The molecule has 0 heterocycles. The van der Waals surface area contributed by atoms with E-state index >= 15 is 0 Å². The summed E-state index contributed by atoms with van der Waals surface area (Å²) < 4.78 is 0. The van der Waals surface area contributed by atoms with E-state index in [1.807, 2.05) is 0 Å². The number of aliphatic hydroxyl groups excluding tert-OH is 4. The summed E-state index contributed by atoms with van der Waals surface area (Å²) in [5.74, 6) is -1.65. The number of thiol groups is 1. The quantitative estimate of drug-likeness (QED) is 0.279. The summed E-state index contributed by atoms with van der Waals surface area (Å²) >= 11 is 3.66. The lowest BCUT2D eigenvalue weighted by atomic mass is 10.1. The van der Waals surface area contributed by atoms with Crippen LogP contribution < -0.4 is 0 Å². The molecule has 0 rings (SSSR count). The Kier molecular flexibility index (Phi) is 5.26.